The fraction of sp³-hybridized carbons (Fsp3) is 0.500. The maximum absolute atomic E-state index is 13.0. The number of nitrogens with one attached hydrogen (secondary N) is 1. The fourth-order valence-corrected chi connectivity index (χ4v) is 2.50. The average Bonchev–Trinajstić information content (AvgIpc) is 2.45. The third kappa shape index (κ3) is 2.89. The lowest BCUT2D eigenvalue weighted by molar-refractivity contribution is -0.136. The fourth-order valence-electron chi connectivity index (χ4n) is 2.50. The summed E-state index contributed by atoms with van der Waals surface area (Å²) < 4.78 is 38.9. The zero-order chi connectivity index (χ0) is 14.8. The van der Waals surface area contributed by atoms with E-state index in [4.69, 9.17) is 0 Å². The van der Waals surface area contributed by atoms with Crippen LogP contribution in [0.5, 0.6) is 0 Å². The van der Waals surface area contributed by atoms with Gasteiger partial charge in [0.05, 0.1) is 16.8 Å². The highest BCUT2D eigenvalue weighted by Crippen LogP contribution is 2.36. The molecule has 0 spiro atoms. The number of piperidine rings is 1. The van der Waals surface area contributed by atoms with Crippen LogP contribution in [-0.2, 0) is 6.18 Å². The van der Waals surface area contributed by atoms with E-state index in [2.05, 4.69) is 5.32 Å². The Bertz CT molecular complexity index is 494. The Kier molecular flexibility index (Phi) is 4.20. The molecular formula is C14H17F3N2O. The Hall–Kier alpha value is -1.72. The Morgan fingerprint density at radius 1 is 1.20 bits per heavy atom. The lowest BCUT2D eigenvalue weighted by atomic mass is 10.0. The molecule has 1 N–H and O–H groups in total. The van der Waals surface area contributed by atoms with Gasteiger partial charge in [-0.05, 0) is 31.4 Å². The van der Waals surface area contributed by atoms with Gasteiger partial charge in [-0.2, -0.15) is 13.2 Å². The first-order valence-corrected chi connectivity index (χ1v) is 6.62. The topological polar surface area (TPSA) is 32.3 Å². The number of amides is 1. The number of hydrogen-bond acceptors (Lipinski definition) is 2. The minimum atomic E-state index is -4.48. The minimum absolute atomic E-state index is 0.0872. The maximum Gasteiger partial charge on any atom is 0.418 e. The molecular weight excluding hydrogens is 269 g/mol. The first-order valence-electron chi connectivity index (χ1n) is 6.62. The second-order valence-corrected chi connectivity index (χ2v) is 4.83. The van der Waals surface area contributed by atoms with Gasteiger partial charge < -0.3 is 10.2 Å². The van der Waals surface area contributed by atoms with Crippen LogP contribution in [0.2, 0.25) is 0 Å². The Morgan fingerprint density at radius 3 is 2.40 bits per heavy atom. The van der Waals surface area contributed by atoms with Gasteiger partial charge >= 0.3 is 6.18 Å². The van der Waals surface area contributed by atoms with E-state index >= 15 is 0 Å². The molecule has 0 saturated carbocycles. The molecule has 0 radical (unpaired) electrons. The van der Waals surface area contributed by atoms with Gasteiger partial charge in [-0.25, -0.2) is 0 Å². The number of likely N-dealkylation sites (tertiary alicyclic amines) is 1. The molecule has 20 heavy (non-hydrogen) atoms. The van der Waals surface area contributed by atoms with Crippen molar-refractivity contribution < 1.29 is 18.0 Å². The molecule has 0 atom stereocenters. The van der Waals surface area contributed by atoms with E-state index in [9.17, 15) is 18.0 Å². The second-order valence-electron chi connectivity index (χ2n) is 4.83. The van der Waals surface area contributed by atoms with Crippen molar-refractivity contribution in [1.29, 1.82) is 0 Å². The second kappa shape index (κ2) is 5.73. The molecule has 1 aliphatic heterocycles. The first kappa shape index (κ1) is 14.7. The van der Waals surface area contributed by atoms with Crippen LogP contribution in [0.4, 0.5) is 18.9 Å². The summed E-state index contributed by atoms with van der Waals surface area (Å²) in [5, 5.41) is 2.52. The van der Waals surface area contributed by atoms with Crippen LogP contribution in [0, 0.1) is 0 Å². The number of para-hydroxylation sites is 1. The smallest absolute Gasteiger partial charge is 0.387 e. The third-order valence-corrected chi connectivity index (χ3v) is 3.49. The minimum Gasteiger partial charge on any atom is -0.387 e. The normalized spacial score (nSPS) is 16.1. The summed E-state index contributed by atoms with van der Waals surface area (Å²) in [6, 6.07) is 3.71. The number of halogens is 3. The van der Waals surface area contributed by atoms with Crippen LogP contribution in [0.15, 0.2) is 18.2 Å². The number of benzene rings is 1. The lowest BCUT2D eigenvalue weighted by Crippen LogP contribution is -2.36. The van der Waals surface area contributed by atoms with Gasteiger partial charge in [0.25, 0.3) is 5.91 Å². The molecule has 1 aliphatic rings. The molecule has 1 aromatic carbocycles. The number of carbonyl (C=O) groups excluding carboxylic acids is 1. The number of rotatable bonds is 2. The monoisotopic (exact) mass is 286 g/mol. The van der Waals surface area contributed by atoms with Gasteiger partial charge in [-0.1, -0.05) is 6.07 Å². The van der Waals surface area contributed by atoms with Crippen LogP contribution in [-0.4, -0.2) is 30.9 Å². The van der Waals surface area contributed by atoms with Gasteiger partial charge in [0.15, 0.2) is 0 Å². The number of carbonyl (C=O) groups is 1. The van der Waals surface area contributed by atoms with E-state index < -0.39 is 11.7 Å². The summed E-state index contributed by atoms with van der Waals surface area (Å²) in [6.45, 7) is 1.22. The third-order valence-electron chi connectivity index (χ3n) is 3.49. The highest BCUT2D eigenvalue weighted by molar-refractivity contribution is 6.00. The lowest BCUT2D eigenvalue weighted by Gasteiger charge is -2.28. The maximum atomic E-state index is 13.0. The van der Waals surface area contributed by atoms with E-state index in [1.165, 1.54) is 19.2 Å². The average molecular weight is 286 g/mol. The summed E-state index contributed by atoms with van der Waals surface area (Å²) >= 11 is 0. The van der Waals surface area contributed by atoms with Gasteiger partial charge in [0, 0.05) is 20.1 Å². The number of alkyl halides is 3. The molecule has 0 aliphatic carbocycles. The van der Waals surface area contributed by atoms with Crippen LogP contribution in [0.3, 0.4) is 0 Å². The predicted octanol–water partition coefficient (Wildman–Crippen LogP) is 3.37. The van der Waals surface area contributed by atoms with Crippen molar-refractivity contribution in [1.82, 2.24) is 4.90 Å². The largest absolute Gasteiger partial charge is 0.418 e. The molecule has 1 amide bonds. The predicted molar refractivity (Wildman–Crippen MR) is 70.7 cm³/mol. The van der Waals surface area contributed by atoms with Crippen molar-refractivity contribution in [3.63, 3.8) is 0 Å². The first-order chi connectivity index (χ1) is 9.45. The van der Waals surface area contributed by atoms with E-state index in [-0.39, 0.29) is 17.2 Å². The standard InChI is InChI=1S/C14H17F3N2O/c1-18-12-10(6-5-7-11(12)14(15,16)17)13(20)19-8-3-2-4-9-19/h5-7,18H,2-4,8-9H2,1H3. The number of hydrogen-bond donors (Lipinski definition) is 1. The summed E-state index contributed by atoms with van der Waals surface area (Å²) in [6.07, 6.45) is -1.61. The number of nitrogens with zero attached hydrogens (tertiary/aromatic N) is 1. The van der Waals surface area contributed by atoms with Crippen LogP contribution in [0.25, 0.3) is 0 Å². The Labute approximate surface area is 115 Å². The van der Waals surface area contributed by atoms with Gasteiger partial charge in [0.1, 0.15) is 0 Å². The van der Waals surface area contributed by atoms with Crippen molar-refractivity contribution in [3.8, 4) is 0 Å². The van der Waals surface area contributed by atoms with Crippen molar-refractivity contribution >= 4 is 11.6 Å². The van der Waals surface area contributed by atoms with Crippen LogP contribution >= 0.6 is 0 Å². The summed E-state index contributed by atoms with van der Waals surface area (Å²) in [5.74, 6) is -0.333. The molecule has 1 saturated heterocycles. The molecule has 3 nitrogen and oxygen atoms in total. The van der Waals surface area contributed by atoms with E-state index in [1.54, 1.807) is 4.90 Å². The van der Waals surface area contributed by atoms with Gasteiger partial charge in [0.2, 0.25) is 0 Å². The van der Waals surface area contributed by atoms with Crippen LogP contribution < -0.4 is 5.32 Å². The van der Waals surface area contributed by atoms with Gasteiger partial charge in [-0.15, -0.1) is 0 Å². The highest BCUT2D eigenvalue weighted by Gasteiger charge is 2.35. The Morgan fingerprint density at radius 2 is 1.85 bits per heavy atom. The van der Waals surface area contributed by atoms with Crippen molar-refractivity contribution in [2.24, 2.45) is 0 Å². The Balaban J connectivity index is 2.38. The summed E-state index contributed by atoms with van der Waals surface area (Å²) in [4.78, 5) is 14.0. The SMILES string of the molecule is CNc1c(C(=O)N2CCCCC2)cccc1C(F)(F)F. The molecule has 0 bridgehead atoms. The molecule has 2 rings (SSSR count). The van der Waals surface area contributed by atoms with Crippen molar-refractivity contribution in [2.75, 3.05) is 25.5 Å². The summed E-state index contributed by atoms with van der Waals surface area (Å²) in [7, 11) is 1.40. The zero-order valence-electron chi connectivity index (χ0n) is 11.3. The number of anilines is 1. The van der Waals surface area contributed by atoms with Gasteiger partial charge in [-0.3, -0.25) is 4.79 Å². The van der Waals surface area contributed by atoms with E-state index in [0.29, 0.717) is 13.1 Å². The molecule has 0 aromatic heterocycles. The van der Waals surface area contributed by atoms with Crippen LogP contribution in [0.1, 0.15) is 35.2 Å². The summed E-state index contributed by atoms with van der Waals surface area (Å²) in [5.41, 5.74) is -0.859. The van der Waals surface area contributed by atoms with Crippen molar-refractivity contribution in [2.45, 2.75) is 25.4 Å². The highest BCUT2D eigenvalue weighted by atomic mass is 19.4. The molecule has 1 aromatic rings. The zero-order valence-corrected chi connectivity index (χ0v) is 11.3. The molecule has 1 heterocycles. The molecule has 110 valence electrons. The molecule has 1 fully saturated rings. The van der Waals surface area contributed by atoms with E-state index in [1.807, 2.05) is 0 Å². The van der Waals surface area contributed by atoms with Crippen molar-refractivity contribution in [3.05, 3.63) is 29.3 Å². The molecule has 0 unspecified atom stereocenters. The molecule has 6 heteroatoms. The quantitative estimate of drug-likeness (QED) is 0.904. The van der Waals surface area contributed by atoms with E-state index in [0.717, 1.165) is 25.3 Å².